The normalized spacial score (nSPS) is 17.3. The van der Waals surface area contributed by atoms with Crippen LogP contribution in [0.15, 0.2) is 115 Å². The van der Waals surface area contributed by atoms with Crippen molar-refractivity contribution in [2.24, 2.45) is 0 Å². The van der Waals surface area contributed by atoms with E-state index >= 15 is 0 Å². The number of benzene rings is 3. The van der Waals surface area contributed by atoms with Crippen LogP contribution in [-0.2, 0) is 17.8 Å². The van der Waals surface area contributed by atoms with Gasteiger partial charge in [0.05, 0.1) is 6.04 Å². The van der Waals surface area contributed by atoms with Gasteiger partial charge in [0.25, 0.3) is 0 Å². The van der Waals surface area contributed by atoms with Crippen molar-refractivity contribution in [1.29, 1.82) is 0 Å². The van der Waals surface area contributed by atoms with E-state index < -0.39 is 12.1 Å². The summed E-state index contributed by atoms with van der Waals surface area (Å²) in [6.45, 7) is 1.64. The SMILES string of the molecule is O=C(O)N(Cc1ccccc1)C[C@H]1CCN(CC(c2ccccc2)c2ccccc2)C(=O)[C@H](Cc2ccccn2)N1. The van der Waals surface area contributed by atoms with Crippen LogP contribution >= 0.6 is 0 Å². The third kappa shape index (κ3) is 7.58. The van der Waals surface area contributed by atoms with E-state index in [2.05, 4.69) is 34.6 Å². The van der Waals surface area contributed by atoms with E-state index in [0.717, 1.165) is 22.4 Å². The zero-order valence-corrected chi connectivity index (χ0v) is 23.0. The van der Waals surface area contributed by atoms with Crippen LogP contribution in [0.4, 0.5) is 4.79 Å². The van der Waals surface area contributed by atoms with Crippen molar-refractivity contribution < 1.29 is 14.7 Å². The molecule has 0 bridgehead atoms. The molecule has 210 valence electrons. The molecule has 0 spiro atoms. The summed E-state index contributed by atoms with van der Waals surface area (Å²) in [7, 11) is 0. The Kier molecular flexibility index (Phi) is 9.39. The van der Waals surface area contributed by atoms with Gasteiger partial charge >= 0.3 is 6.09 Å². The summed E-state index contributed by atoms with van der Waals surface area (Å²) in [5.41, 5.74) is 4.06. The highest BCUT2D eigenvalue weighted by Crippen LogP contribution is 2.27. The van der Waals surface area contributed by atoms with Crippen molar-refractivity contribution in [1.82, 2.24) is 20.1 Å². The van der Waals surface area contributed by atoms with Crippen LogP contribution in [0.5, 0.6) is 0 Å². The van der Waals surface area contributed by atoms with E-state index in [1.807, 2.05) is 89.8 Å². The van der Waals surface area contributed by atoms with Crippen molar-refractivity contribution in [3.63, 3.8) is 0 Å². The lowest BCUT2D eigenvalue weighted by Gasteiger charge is -2.29. The number of pyridine rings is 1. The molecule has 0 aliphatic carbocycles. The molecule has 1 aliphatic heterocycles. The molecule has 0 radical (unpaired) electrons. The molecular weight excluding hydrogens is 512 g/mol. The largest absolute Gasteiger partial charge is 0.465 e. The highest BCUT2D eigenvalue weighted by atomic mass is 16.4. The van der Waals surface area contributed by atoms with Crippen LogP contribution < -0.4 is 5.32 Å². The first-order valence-corrected chi connectivity index (χ1v) is 14.1. The second-order valence-corrected chi connectivity index (χ2v) is 10.5. The smallest absolute Gasteiger partial charge is 0.407 e. The number of nitrogens with one attached hydrogen (secondary N) is 1. The molecule has 3 aromatic carbocycles. The highest BCUT2D eigenvalue weighted by molar-refractivity contribution is 5.82. The lowest BCUT2D eigenvalue weighted by molar-refractivity contribution is -0.132. The summed E-state index contributed by atoms with van der Waals surface area (Å²) in [6, 6.07) is 35.2. The molecule has 1 fully saturated rings. The van der Waals surface area contributed by atoms with Gasteiger partial charge in [-0.25, -0.2) is 4.79 Å². The Balaban J connectivity index is 1.40. The predicted octanol–water partition coefficient (Wildman–Crippen LogP) is 5.20. The van der Waals surface area contributed by atoms with Gasteiger partial charge in [-0.05, 0) is 35.2 Å². The molecule has 41 heavy (non-hydrogen) atoms. The van der Waals surface area contributed by atoms with Gasteiger partial charge in [0.1, 0.15) is 0 Å². The Morgan fingerprint density at radius 1 is 0.902 bits per heavy atom. The first kappa shape index (κ1) is 28.1. The van der Waals surface area contributed by atoms with E-state index in [0.29, 0.717) is 32.5 Å². The maximum absolute atomic E-state index is 14.1. The molecule has 2 N–H and O–H groups in total. The number of carboxylic acid groups (broad SMARTS) is 1. The number of rotatable bonds is 10. The average molecular weight is 549 g/mol. The monoisotopic (exact) mass is 548 g/mol. The van der Waals surface area contributed by atoms with Gasteiger partial charge in [0.15, 0.2) is 0 Å². The Labute approximate surface area is 241 Å². The summed E-state index contributed by atoms with van der Waals surface area (Å²) in [5, 5.41) is 13.6. The molecule has 1 aromatic heterocycles. The van der Waals surface area contributed by atoms with Crippen LogP contribution in [0.1, 0.15) is 34.7 Å². The molecule has 2 atom stereocenters. The van der Waals surface area contributed by atoms with Gasteiger partial charge in [0.2, 0.25) is 5.91 Å². The van der Waals surface area contributed by atoms with Crippen molar-refractivity contribution in [3.8, 4) is 0 Å². The zero-order chi connectivity index (χ0) is 28.4. The molecule has 2 amide bonds. The van der Waals surface area contributed by atoms with Gasteiger partial charge in [-0.1, -0.05) is 97.1 Å². The fraction of sp³-hybridized carbons (Fsp3) is 0.265. The molecule has 2 heterocycles. The van der Waals surface area contributed by atoms with Gasteiger partial charge in [-0.3, -0.25) is 9.78 Å². The molecule has 0 unspecified atom stereocenters. The summed E-state index contributed by atoms with van der Waals surface area (Å²) >= 11 is 0. The van der Waals surface area contributed by atoms with Crippen LogP contribution in [0.25, 0.3) is 0 Å². The number of hydrogen-bond acceptors (Lipinski definition) is 4. The van der Waals surface area contributed by atoms with Gasteiger partial charge in [0, 0.05) is 56.5 Å². The molecule has 1 aliphatic rings. The van der Waals surface area contributed by atoms with E-state index in [4.69, 9.17) is 0 Å². The maximum Gasteiger partial charge on any atom is 0.407 e. The average Bonchev–Trinajstić information content (AvgIpc) is 3.15. The summed E-state index contributed by atoms with van der Waals surface area (Å²) in [5.74, 6) is 0.0296. The number of carbonyl (C=O) groups is 2. The lowest BCUT2D eigenvalue weighted by atomic mass is 9.90. The van der Waals surface area contributed by atoms with Gasteiger partial charge in [-0.2, -0.15) is 0 Å². The Morgan fingerprint density at radius 2 is 1.51 bits per heavy atom. The number of amides is 2. The van der Waals surface area contributed by atoms with Gasteiger partial charge < -0.3 is 20.2 Å². The third-order valence-corrected chi connectivity index (χ3v) is 7.67. The molecule has 5 rings (SSSR count). The quantitative estimate of drug-likeness (QED) is 0.285. The summed E-state index contributed by atoms with van der Waals surface area (Å²) in [4.78, 5) is 34.2. The summed E-state index contributed by atoms with van der Waals surface area (Å²) in [6.07, 6.45) is 1.83. The zero-order valence-electron chi connectivity index (χ0n) is 23.0. The van der Waals surface area contributed by atoms with E-state index in [-0.39, 0.29) is 24.4 Å². The fourth-order valence-electron chi connectivity index (χ4n) is 5.56. The second kappa shape index (κ2) is 13.7. The second-order valence-electron chi connectivity index (χ2n) is 10.5. The maximum atomic E-state index is 14.1. The first-order valence-electron chi connectivity index (χ1n) is 14.1. The Bertz CT molecular complexity index is 1350. The minimum atomic E-state index is -0.974. The minimum Gasteiger partial charge on any atom is -0.465 e. The standard InChI is InChI=1S/C34H36N4O3/c39-33-32(22-29-18-10-11-20-35-29)36-30(24-38(34(40)41)23-26-12-4-1-5-13-26)19-21-37(33)25-31(27-14-6-2-7-15-27)28-16-8-3-9-17-28/h1-18,20,30-32,36H,19,21-25H2,(H,40,41)/t30-,32+/m1/s1. The number of carbonyl (C=O) groups excluding carboxylic acids is 1. The van der Waals surface area contributed by atoms with E-state index in [9.17, 15) is 14.7 Å². The minimum absolute atomic E-state index is 0.0138. The van der Waals surface area contributed by atoms with Crippen molar-refractivity contribution in [3.05, 3.63) is 138 Å². The Hall–Kier alpha value is -4.49. The van der Waals surface area contributed by atoms with Crippen LogP contribution in [0.2, 0.25) is 0 Å². The molecule has 7 heteroatoms. The van der Waals surface area contributed by atoms with Crippen molar-refractivity contribution >= 4 is 12.0 Å². The number of hydrogen-bond donors (Lipinski definition) is 2. The van der Waals surface area contributed by atoms with Gasteiger partial charge in [-0.15, -0.1) is 0 Å². The van der Waals surface area contributed by atoms with Crippen LogP contribution in [-0.4, -0.2) is 63.6 Å². The molecule has 0 saturated carbocycles. The molecule has 1 saturated heterocycles. The lowest BCUT2D eigenvalue weighted by Crippen LogP contribution is -2.50. The first-order chi connectivity index (χ1) is 20.1. The topological polar surface area (TPSA) is 85.8 Å². The van der Waals surface area contributed by atoms with Crippen LogP contribution in [0, 0.1) is 0 Å². The third-order valence-electron chi connectivity index (χ3n) is 7.67. The highest BCUT2D eigenvalue weighted by Gasteiger charge is 2.34. The van der Waals surface area contributed by atoms with E-state index in [1.165, 1.54) is 4.90 Å². The Morgan fingerprint density at radius 3 is 2.10 bits per heavy atom. The van der Waals surface area contributed by atoms with E-state index in [1.54, 1.807) is 6.20 Å². The number of aromatic nitrogens is 1. The summed E-state index contributed by atoms with van der Waals surface area (Å²) < 4.78 is 0. The molecule has 4 aromatic rings. The number of nitrogens with zero attached hydrogens (tertiary/aromatic N) is 3. The predicted molar refractivity (Wildman–Crippen MR) is 159 cm³/mol. The molecular formula is C34H36N4O3. The van der Waals surface area contributed by atoms with Crippen LogP contribution in [0.3, 0.4) is 0 Å². The fourth-order valence-corrected chi connectivity index (χ4v) is 5.56. The van der Waals surface area contributed by atoms with Crippen molar-refractivity contribution in [2.75, 3.05) is 19.6 Å². The molecule has 7 nitrogen and oxygen atoms in total. The van der Waals surface area contributed by atoms with Crippen molar-refractivity contribution in [2.45, 2.75) is 37.4 Å².